The number of hydrogen-bond acceptors (Lipinski definition) is 4. The van der Waals surface area contributed by atoms with E-state index in [0.29, 0.717) is 5.75 Å². The van der Waals surface area contributed by atoms with E-state index in [1.807, 2.05) is 36.4 Å². The lowest BCUT2D eigenvalue weighted by molar-refractivity contribution is -0.138. The summed E-state index contributed by atoms with van der Waals surface area (Å²) < 4.78 is 0. The highest BCUT2D eigenvalue weighted by atomic mass is 16.3. The van der Waals surface area contributed by atoms with Crippen molar-refractivity contribution >= 4 is 11.6 Å². The van der Waals surface area contributed by atoms with Crippen LogP contribution < -0.4 is 4.90 Å². The molecule has 0 saturated carbocycles. The van der Waals surface area contributed by atoms with Crippen molar-refractivity contribution in [1.29, 1.82) is 0 Å². The van der Waals surface area contributed by atoms with Crippen molar-refractivity contribution in [2.75, 3.05) is 44.2 Å². The summed E-state index contributed by atoms with van der Waals surface area (Å²) in [4.78, 5) is 20.0. The van der Waals surface area contributed by atoms with Crippen LogP contribution in [0.25, 0.3) is 0 Å². The standard InChI is InChI=1S/C23H29N3O2/c27-21-12-6-5-11-20(21)24-15-17-25(18-16-24)22(19-9-3-1-4-10-19)23(28)26-13-7-2-8-14-26/h1,3-6,9-12,22,27H,2,7-8,13-18H2/t22-/m0/s1. The van der Waals surface area contributed by atoms with E-state index in [2.05, 4.69) is 26.8 Å². The number of rotatable bonds is 4. The summed E-state index contributed by atoms with van der Waals surface area (Å²) in [5.41, 5.74) is 1.95. The van der Waals surface area contributed by atoms with Crippen molar-refractivity contribution in [3.63, 3.8) is 0 Å². The van der Waals surface area contributed by atoms with Crippen LogP contribution >= 0.6 is 0 Å². The summed E-state index contributed by atoms with van der Waals surface area (Å²) in [6.07, 6.45) is 3.43. The molecule has 0 aliphatic carbocycles. The number of phenolic OH excluding ortho intramolecular Hbond substituents is 1. The lowest BCUT2D eigenvalue weighted by Gasteiger charge is -2.41. The summed E-state index contributed by atoms with van der Waals surface area (Å²) in [5.74, 6) is 0.557. The molecule has 5 heteroatoms. The number of anilines is 1. The van der Waals surface area contributed by atoms with Gasteiger partial charge in [0.15, 0.2) is 0 Å². The lowest BCUT2D eigenvalue weighted by Crippen LogP contribution is -2.52. The predicted molar refractivity (Wildman–Crippen MR) is 112 cm³/mol. The van der Waals surface area contributed by atoms with E-state index >= 15 is 0 Å². The van der Waals surface area contributed by atoms with Crippen LogP contribution in [0.4, 0.5) is 5.69 Å². The number of piperidine rings is 1. The molecule has 2 heterocycles. The molecular weight excluding hydrogens is 350 g/mol. The molecule has 0 unspecified atom stereocenters. The Balaban J connectivity index is 1.51. The Morgan fingerprint density at radius 2 is 1.43 bits per heavy atom. The quantitative estimate of drug-likeness (QED) is 0.886. The number of likely N-dealkylation sites (tertiary alicyclic amines) is 1. The number of para-hydroxylation sites is 2. The van der Waals surface area contributed by atoms with Gasteiger partial charge >= 0.3 is 0 Å². The minimum absolute atomic E-state index is 0.217. The largest absolute Gasteiger partial charge is 0.506 e. The first-order valence-corrected chi connectivity index (χ1v) is 10.3. The molecule has 2 fully saturated rings. The number of phenols is 1. The van der Waals surface area contributed by atoms with Gasteiger partial charge in [0.25, 0.3) is 0 Å². The van der Waals surface area contributed by atoms with Crippen LogP contribution in [0.5, 0.6) is 5.75 Å². The predicted octanol–water partition coefficient (Wildman–Crippen LogP) is 3.27. The first-order chi connectivity index (χ1) is 13.7. The SMILES string of the molecule is O=C([C@H](c1ccccc1)N1CCN(c2ccccc2O)CC1)N1CCCCC1. The molecule has 0 aromatic heterocycles. The Hall–Kier alpha value is -2.53. The first kappa shape index (κ1) is 18.8. The number of carbonyl (C=O) groups excluding carboxylic acids is 1. The molecule has 2 aliphatic heterocycles. The summed E-state index contributed by atoms with van der Waals surface area (Å²) >= 11 is 0. The van der Waals surface area contributed by atoms with Crippen LogP contribution in [-0.4, -0.2) is 60.1 Å². The minimum atomic E-state index is -0.217. The monoisotopic (exact) mass is 379 g/mol. The fourth-order valence-electron chi connectivity index (χ4n) is 4.38. The molecular formula is C23H29N3O2. The fourth-order valence-corrected chi connectivity index (χ4v) is 4.38. The number of amides is 1. The Bertz CT molecular complexity index is 781. The van der Waals surface area contributed by atoms with E-state index in [-0.39, 0.29) is 11.9 Å². The fraction of sp³-hybridized carbons (Fsp3) is 0.435. The lowest BCUT2D eigenvalue weighted by atomic mass is 10.0. The Morgan fingerprint density at radius 1 is 0.786 bits per heavy atom. The van der Waals surface area contributed by atoms with Gasteiger partial charge in [-0.15, -0.1) is 0 Å². The highest BCUT2D eigenvalue weighted by Crippen LogP contribution is 2.30. The van der Waals surface area contributed by atoms with Gasteiger partial charge in [-0.1, -0.05) is 42.5 Å². The summed E-state index contributed by atoms with van der Waals surface area (Å²) in [6, 6.07) is 17.4. The van der Waals surface area contributed by atoms with Gasteiger partial charge in [0, 0.05) is 39.3 Å². The third-order valence-corrected chi connectivity index (χ3v) is 5.92. The van der Waals surface area contributed by atoms with Crippen LogP contribution in [0.15, 0.2) is 54.6 Å². The smallest absolute Gasteiger partial charge is 0.244 e. The van der Waals surface area contributed by atoms with Crippen LogP contribution in [0.1, 0.15) is 30.9 Å². The molecule has 5 nitrogen and oxygen atoms in total. The average Bonchev–Trinajstić information content (AvgIpc) is 2.76. The van der Waals surface area contributed by atoms with Crippen LogP contribution in [0.2, 0.25) is 0 Å². The maximum absolute atomic E-state index is 13.4. The van der Waals surface area contributed by atoms with Crippen molar-refractivity contribution in [2.24, 2.45) is 0 Å². The number of nitrogens with zero attached hydrogens (tertiary/aromatic N) is 3. The molecule has 1 N–H and O–H groups in total. The minimum Gasteiger partial charge on any atom is -0.506 e. The number of aromatic hydroxyl groups is 1. The Labute approximate surface area is 167 Å². The van der Waals surface area contributed by atoms with E-state index in [0.717, 1.165) is 63.4 Å². The van der Waals surface area contributed by atoms with Gasteiger partial charge in [0.1, 0.15) is 11.8 Å². The molecule has 2 aliphatic rings. The zero-order chi connectivity index (χ0) is 19.3. The van der Waals surface area contributed by atoms with Gasteiger partial charge in [-0.3, -0.25) is 9.69 Å². The van der Waals surface area contributed by atoms with Gasteiger partial charge in [0.05, 0.1) is 5.69 Å². The van der Waals surface area contributed by atoms with Gasteiger partial charge in [-0.2, -0.15) is 0 Å². The zero-order valence-corrected chi connectivity index (χ0v) is 16.3. The first-order valence-electron chi connectivity index (χ1n) is 10.3. The number of carbonyl (C=O) groups is 1. The van der Waals surface area contributed by atoms with E-state index in [9.17, 15) is 9.90 Å². The Morgan fingerprint density at radius 3 is 2.11 bits per heavy atom. The molecule has 2 saturated heterocycles. The molecule has 0 bridgehead atoms. The zero-order valence-electron chi connectivity index (χ0n) is 16.3. The van der Waals surface area contributed by atoms with Gasteiger partial charge in [0.2, 0.25) is 5.91 Å². The second-order valence-corrected chi connectivity index (χ2v) is 7.71. The van der Waals surface area contributed by atoms with E-state index < -0.39 is 0 Å². The summed E-state index contributed by atoms with van der Waals surface area (Å²) in [6.45, 7) is 4.95. The van der Waals surface area contributed by atoms with Crippen LogP contribution in [0.3, 0.4) is 0 Å². The van der Waals surface area contributed by atoms with E-state index in [1.54, 1.807) is 6.07 Å². The summed E-state index contributed by atoms with van der Waals surface area (Å²) in [7, 11) is 0. The molecule has 28 heavy (non-hydrogen) atoms. The van der Waals surface area contributed by atoms with E-state index in [4.69, 9.17) is 0 Å². The molecule has 148 valence electrons. The van der Waals surface area contributed by atoms with Crippen molar-refractivity contribution in [3.05, 3.63) is 60.2 Å². The second kappa shape index (κ2) is 8.65. The van der Waals surface area contributed by atoms with Crippen LogP contribution in [0, 0.1) is 0 Å². The molecule has 0 radical (unpaired) electrons. The molecule has 1 amide bonds. The third-order valence-electron chi connectivity index (χ3n) is 5.92. The maximum Gasteiger partial charge on any atom is 0.244 e. The summed E-state index contributed by atoms with van der Waals surface area (Å²) in [5, 5.41) is 10.2. The molecule has 2 aromatic carbocycles. The molecule has 2 aromatic rings. The Kier molecular flexibility index (Phi) is 5.81. The van der Waals surface area contributed by atoms with Crippen molar-refractivity contribution in [1.82, 2.24) is 9.80 Å². The third kappa shape index (κ3) is 3.99. The van der Waals surface area contributed by atoms with Gasteiger partial charge in [-0.05, 0) is 37.0 Å². The highest BCUT2D eigenvalue weighted by molar-refractivity contribution is 5.83. The number of piperazine rings is 1. The van der Waals surface area contributed by atoms with Crippen molar-refractivity contribution in [3.8, 4) is 5.75 Å². The van der Waals surface area contributed by atoms with Gasteiger partial charge < -0.3 is 14.9 Å². The highest BCUT2D eigenvalue weighted by Gasteiger charge is 2.34. The number of benzene rings is 2. The normalized spacial score (nSPS) is 19.4. The average molecular weight is 380 g/mol. The number of hydrogen-bond donors (Lipinski definition) is 1. The van der Waals surface area contributed by atoms with Crippen LogP contribution in [-0.2, 0) is 4.79 Å². The molecule has 4 rings (SSSR count). The molecule has 1 atom stereocenters. The topological polar surface area (TPSA) is 47.0 Å². The van der Waals surface area contributed by atoms with Gasteiger partial charge in [-0.25, -0.2) is 0 Å². The van der Waals surface area contributed by atoms with Crippen molar-refractivity contribution in [2.45, 2.75) is 25.3 Å². The molecule has 0 spiro atoms. The van der Waals surface area contributed by atoms with Crippen molar-refractivity contribution < 1.29 is 9.90 Å². The van der Waals surface area contributed by atoms with E-state index in [1.165, 1.54) is 6.42 Å². The maximum atomic E-state index is 13.4. The second-order valence-electron chi connectivity index (χ2n) is 7.71.